The van der Waals surface area contributed by atoms with Crippen LogP contribution in [0.15, 0.2) is 6.20 Å². The van der Waals surface area contributed by atoms with E-state index in [1.807, 2.05) is 13.1 Å². The second kappa shape index (κ2) is 6.64. The van der Waals surface area contributed by atoms with Crippen LogP contribution in [0.3, 0.4) is 0 Å². The number of fused-ring (bicyclic) bond motifs is 1. The maximum Gasteiger partial charge on any atom is 0.263 e. The van der Waals surface area contributed by atoms with Crippen molar-refractivity contribution in [2.75, 3.05) is 19.8 Å². The lowest BCUT2D eigenvalue weighted by atomic mass is 9.87. The molecule has 2 aliphatic rings. The zero-order valence-corrected chi connectivity index (χ0v) is 14.6. The van der Waals surface area contributed by atoms with Gasteiger partial charge < -0.3 is 10.1 Å². The topological polar surface area (TPSA) is 79.9 Å². The Labute approximate surface area is 145 Å². The van der Waals surface area contributed by atoms with E-state index in [0.717, 1.165) is 54.5 Å². The van der Waals surface area contributed by atoms with Gasteiger partial charge in [-0.3, -0.25) is 9.89 Å². The van der Waals surface area contributed by atoms with Crippen LogP contribution in [0.25, 0.3) is 0 Å². The fourth-order valence-corrected chi connectivity index (χ4v) is 4.70. The Bertz CT molecular complexity index is 733. The molecule has 3 heterocycles. The molecule has 4 rings (SSSR count). The van der Waals surface area contributed by atoms with E-state index >= 15 is 0 Å². The minimum atomic E-state index is -0.00853. The molecular formula is C17H22N4O2S. The smallest absolute Gasteiger partial charge is 0.263 e. The number of hydrogen-bond donors (Lipinski definition) is 2. The second-order valence-electron chi connectivity index (χ2n) is 6.63. The zero-order chi connectivity index (χ0) is 16.5. The summed E-state index contributed by atoms with van der Waals surface area (Å²) in [6, 6.07) is 0. The van der Waals surface area contributed by atoms with Crippen molar-refractivity contribution >= 4 is 17.2 Å². The van der Waals surface area contributed by atoms with E-state index < -0.39 is 0 Å². The van der Waals surface area contributed by atoms with Gasteiger partial charge in [0, 0.05) is 30.7 Å². The molecule has 2 atom stereocenters. The number of H-pyrrole nitrogens is 1. The predicted molar refractivity (Wildman–Crippen MR) is 91.6 cm³/mol. The third-order valence-corrected chi connectivity index (χ3v) is 6.30. The van der Waals surface area contributed by atoms with Gasteiger partial charge in [-0.05, 0) is 38.2 Å². The lowest BCUT2D eigenvalue weighted by Gasteiger charge is -2.21. The quantitative estimate of drug-likeness (QED) is 0.891. The van der Waals surface area contributed by atoms with Crippen LogP contribution in [0.1, 0.15) is 62.7 Å². The Morgan fingerprint density at radius 2 is 2.42 bits per heavy atom. The number of hydrogen-bond acceptors (Lipinski definition) is 5. The van der Waals surface area contributed by atoms with E-state index in [0.29, 0.717) is 18.4 Å². The molecule has 1 fully saturated rings. The number of carbonyl (C=O) groups excluding carboxylic acids is 1. The molecule has 0 radical (unpaired) electrons. The number of nitrogens with zero attached hydrogens (tertiary/aromatic N) is 2. The second-order valence-corrected chi connectivity index (χ2v) is 7.66. The highest BCUT2D eigenvalue weighted by molar-refractivity contribution is 7.13. The third kappa shape index (κ3) is 2.98. The summed E-state index contributed by atoms with van der Waals surface area (Å²) in [4.78, 5) is 17.9. The van der Waals surface area contributed by atoms with Crippen LogP contribution < -0.4 is 5.32 Å². The molecule has 6 nitrogen and oxygen atoms in total. The SMILES string of the molecule is Cc1nc(C2CCOC2)sc1C(=O)NCC1CCCc2[nH]ncc21. The number of ether oxygens (including phenoxy) is 1. The molecule has 7 heteroatoms. The van der Waals surface area contributed by atoms with Crippen LogP contribution in [-0.2, 0) is 11.2 Å². The van der Waals surface area contributed by atoms with Crippen LogP contribution in [-0.4, -0.2) is 40.8 Å². The largest absolute Gasteiger partial charge is 0.381 e. The van der Waals surface area contributed by atoms with E-state index in [1.165, 1.54) is 22.6 Å². The molecular weight excluding hydrogens is 324 g/mol. The number of aromatic amines is 1. The van der Waals surface area contributed by atoms with Crippen molar-refractivity contribution in [3.63, 3.8) is 0 Å². The highest BCUT2D eigenvalue weighted by atomic mass is 32.1. The van der Waals surface area contributed by atoms with Crippen molar-refractivity contribution in [2.24, 2.45) is 0 Å². The van der Waals surface area contributed by atoms with Crippen LogP contribution in [0, 0.1) is 6.92 Å². The number of carbonyl (C=O) groups is 1. The van der Waals surface area contributed by atoms with Crippen LogP contribution in [0.2, 0.25) is 0 Å². The summed E-state index contributed by atoms with van der Waals surface area (Å²) >= 11 is 1.52. The van der Waals surface area contributed by atoms with Gasteiger partial charge in [-0.2, -0.15) is 5.10 Å². The molecule has 1 aliphatic carbocycles. The summed E-state index contributed by atoms with van der Waals surface area (Å²) in [6.45, 7) is 4.09. The van der Waals surface area contributed by atoms with Gasteiger partial charge in [0.1, 0.15) is 4.88 Å². The van der Waals surface area contributed by atoms with Crippen LogP contribution in [0.4, 0.5) is 0 Å². The van der Waals surface area contributed by atoms with Crippen LogP contribution >= 0.6 is 11.3 Å². The van der Waals surface area contributed by atoms with Crippen LogP contribution in [0.5, 0.6) is 0 Å². The molecule has 2 unspecified atom stereocenters. The molecule has 0 saturated carbocycles. The first-order valence-corrected chi connectivity index (χ1v) is 9.39. The summed E-state index contributed by atoms with van der Waals surface area (Å²) in [5.74, 6) is 0.695. The van der Waals surface area contributed by atoms with E-state index in [2.05, 4.69) is 20.5 Å². The van der Waals surface area contributed by atoms with Crippen molar-refractivity contribution in [2.45, 2.75) is 44.4 Å². The molecule has 2 N–H and O–H groups in total. The average molecular weight is 346 g/mol. The van der Waals surface area contributed by atoms with Crippen molar-refractivity contribution in [3.8, 4) is 0 Å². The van der Waals surface area contributed by atoms with E-state index in [-0.39, 0.29) is 5.91 Å². The van der Waals surface area contributed by atoms with Gasteiger partial charge in [0.25, 0.3) is 5.91 Å². The molecule has 0 bridgehead atoms. The summed E-state index contributed by atoms with van der Waals surface area (Å²) in [5, 5.41) is 11.3. The summed E-state index contributed by atoms with van der Waals surface area (Å²) in [5.41, 5.74) is 3.30. The molecule has 2 aromatic heterocycles. The lowest BCUT2D eigenvalue weighted by Crippen LogP contribution is -2.29. The van der Waals surface area contributed by atoms with Gasteiger partial charge in [-0.25, -0.2) is 4.98 Å². The van der Waals surface area contributed by atoms with E-state index in [1.54, 1.807) is 0 Å². The number of nitrogens with one attached hydrogen (secondary N) is 2. The summed E-state index contributed by atoms with van der Waals surface area (Å²) in [6.07, 6.45) is 6.20. The first-order chi connectivity index (χ1) is 11.7. The normalized spacial score (nSPS) is 23.2. The number of rotatable bonds is 4. The van der Waals surface area contributed by atoms with E-state index in [9.17, 15) is 4.79 Å². The maximum atomic E-state index is 12.6. The fraction of sp³-hybridized carbons (Fsp3) is 0.588. The first kappa shape index (κ1) is 15.8. The Morgan fingerprint density at radius 1 is 1.50 bits per heavy atom. The van der Waals surface area contributed by atoms with Gasteiger partial charge in [0.05, 0.1) is 23.5 Å². The molecule has 2 aromatic rings. The highest BCUT2D eigenvalue weighted by Crippen LogP contribution is 2.32. The minimum Gasteiger partial charge on any atom is -0.381 e. The van der Waals surface area contributed by atoms with Crippen molar-refractivity contribution < 1.29 is 9.53 Å². The van der Waals surface area contributed by atoms with Gasteiger partial charge in [0.15, 0.2) is 0 Å². The van der Waals surface area contributed by atoms with Crippen molar-refractivity contribution in [1.29, 1.82) is 0 Å². The summed E-state index contributed by atoms with van der Waals surface area (Å²) in [7, 11) is 0. The van der Waals surface area contributed by atoms with Gasteiger partial charge in [0.2, 0.25) is 0 Å². The molecule has 0 spiro atoms. The minimum absolute atomic E-state index is 0.00853. The molecule has 128 valence electrons. The van der Waals surface area contributed by atoms with E-state index in [4.69, 9.17) is 4.74 Å². The monoisotopic (exact) mass is 346 g/mol. The predicted octanol–water partition coefficient (Wildman–Crippen LogP) is 2.53. The van der Waals surface area contributed by atoms with Gasteiger partial charge >= 0.3 is 0 Å². The number of aromatic nitrogens is 3. The Morgan fingerprint density at radius 3 is 3.25 bits per heavy atom. The lowest BCUT2D eigenvalue weighted by molar-refractivity contribution is 0.0953. The molecule has 1 saturated heterocycles. The Hall–Kier alpha value is -1.73. The van der Waals surface area contributed by atoms with Gasteiger partial charge in [-0.1, -0.05) is 0 Å². The van der Waals surface area contributed by atoms with Crippen molar-refractivity contribution in [1.82, 2.24) is 20.5 Å². The number of aryl methyl sites for hydroxylation is 2. The summed E-state index contributed by atoms with van der Waals surface area (Å²) < 4.78 is 5.43. The molecule has 1 aliphatic heterocycles. The Balaban J connectivity index is 1.42. The molecule has 1 amide bonds. The highest BCUT2D eigenvalue weighted by Gasteiger charge is 2.26. The molecule has 0 aromatic carbocycles. The third-order valence-electron chi connectivity index (χ3n) is 4.98. The standard InChI is InChI=1S/C17H22N4O2S/c1-10-15(24-17(20-10)12-5-6-23-9-12)16(22)18-7-11-3-2-4-14-13(11)8-19-21-14/h8,11-12H,2-7,9H2,1H3,(H,18,22)(H,19,21). The molecule has 24 heavy (non-hydrogen) atoms. The maximum absolute atomic E-state index is 12.6. The Kier molecular flexibility index (Phi) is 4.37. The number of thiazole rings is 1. The number of amides is 1. The fourth-order valence-electron chi connectivity index (χ4n) is 3.60. The zero-order valence-electron chi connectivity index (χ0n) is 13.8. The first-order valence-electron chi connectivity index (χ1n) is 8.57. The van der Waals surface area contributed by atoms with Gasteiger partial charge in [-0.15, -0.1) is 11.3 Å². The van der Waals surface area contributed by atoms with Crippen molar-refractivity contribution in [3.05, 3.63) is 33.0 Å². The average Bonchev–Trinajstić information content (AvgIpc) is 3.31.